The van der Waals surface area contributed by atoms with Gasteiger partial charge in [-0.05, 0) is 25.0 Å². The van der Waals surface area contributed by atoms with Crippen molar-refractivity contribution in [3.8, 4) is 0 Å². The van der Waals surface area contributed by atoms with E-state index in [2.05, 4.69) is 5.32 Å². The Morgan fingerprint density at radius 2 is 1.90 bits per heavy atom. The number of hydrogen-bond acceptors (Lipinski definition) is 3. The maximum atomic E-state index is 14.6. The van der Waals surface area contributed by atoms with Crippen LogP contribution < -0.4 is 5.32 Å². The van der Waals surface area contributed by atoms with Gasteiger partial charge in [0.1, 0.15) is 6.61 Å². The standard InChI is InChI=1S/C19H18ClF5N2O3/c20-14-3-12(19(23,24)25)1-2-13(14)18(21,22)4-10-7-27(8-10)15(28)11-5-17(6-11)9-30-16(29)26-17/h1-3,10-11H,4-9H2,(H,26,29)/t11-,17-. The molecule has 1 spiro atoms. The summed E-state index contributed by atoms with van der Waals surface area (Å²) in [6.45, 7) is 0.524. The molecule has 11 heteroatoms. The van der Waals surface area contributed by atoms with Crippen molar-refractivity contribution >= 4 is 23.6 Å². The van der Waals surface area contributed by atoms with Crippen molar-refractivity contribution in [2.75, 3.05) is 19.7 Å². The second-order valence-electron chi connectivity index (χ2n) is 8.30. The molecule has 0 atom stereocenters. The number of benzene rings is 1. The Labute approximate surface area is 173 Å². The largest absolute Gasteiger partial charge is 0.447 e. The monoisotopic (exact) mass is 452 g/mol. The quantitative estimate of drug-likeness (QED) is 0.697. The third kappa shape index (κ3) is 3.81. The molecule has 1 aromatic carbocycles. The number of ether oxygens (including phenoxy) is 1. The van der Waals surface area contributed by atoms with Crippen LogP contribution in [0.2, 0.25) is 5.02 Å². The van der Waals surface area contributed by atoms with Crippen molar-refractivity contribution in [1.29, 1.82) is 0 Å². The van der Waals surface area contributed by atoms with Gasteiger partial charge < -0.3 is 15.0 Å². The second kappa shape index (κ2) is 6.96. The molecule has 2 saturated heterocycles. The summed E-state index contributed by atoms with van der Waals surface area (Å²) in [4.78, 5) is 25.1. The molecule has 1 saturated carbocycles. The van der Waals surface area contributed by atoms with Crippen molar-refractivity contribution in [2.24, 2.45) is 11.8 Å². The third-order valence-electron chi connectivity index (χ3n) is 5.97. The van der Waals surface area contributed by atoms with Crippen molar-refractivity contribution in [1.82, 2.24) is 10.2 Å². The van der Waals surface area contributed by atoms with Crippen LogP contribution in [0.1, 0.15) is 30.4 Å². The van der Waals surface area contributed by atoms with Crippen LogP contribution in [-0.2, 0) is 21.6 Å². The van der Waals surface area contributed by atoms with Gasteiger partial charge in [0.15, 0.2) is 0 Å². The Balaban J connectivity index is 1.30. The minimum atomic E-state index is -4.67. The number of rotatable bonds is 4. The van der Waals surface area contributed by atoms with Crippen LogP contribution in [0.4, 0.5) is 26.7 Å². The van der Waals surface area contributed by atoms with Crippen LogP contribution in [0, 0.1) is 11.8 Å². The predicted octanol–water partition coefficient (Wildman–Crippen LogP) is 4.19. The molecule has 2 aliphatic heterocycles. The summed E-state index contributed by atoms with van der Waals surface area (Å²) in [6, 6.07) is 1.79. The first-order valence-electron chi connectivity index (χ1n) is 9.37. The molecule has 2 amide bonds. The number of nitrogens with zero attached hydrogens (tertiary/aromatic N) is 1. The van der Waals surface area contributed by atoms with Crippen molar-refractivity contribution in [3.63, 3.8) is 0 Å². The van der Waals surface area contributed by atoms with Gasteiger partial charge >= 0.3 is 12.3 Å². The fourth-order valence-corrected chi connectivity index (χ4v) is 4.69. The molecule has 1 N–H and O–H groups in total. The number of likely N-dealkylation sites (tertiary alicyclic amines) is 1. The molecule has 1 aliphatic carbocycles. The van der Waals surface area contributed by atoms with E-state index in [1.807, 2.05) is 0 Å². The van der Waals surface area contributed by atoms with Gasteiger partial charge in [0.2, 0.25) is 5.91 Å². The fraction of sp³-hybridized carbons (Fsp3) is 0.579. The van der Waals surface area contributed by atoms with Crippen LogP contribution in [0.3, 0.4) is 0 Å². The lowest BCUT2D eigenvalue weighted by molar-refractivity contribution is -0.150. The van der Waals surface area contributed by atoms with E-state index in [1.165, 1.54) is 4.90 Å². The number of nitrogens with one attached hydrogen (secondary N) is 1. The van der Waals surface area contributed by atoms with E-state index >= 15 is 0 Å². The molecular weight excluding hydrogens is 435 g/mol. The van der Waals surface area contributed by atoms with Gasteiger partial charge in [0.05, 0.1) is 16.1 Å². The fourth-order valence-electron chi connectivity index (χ4n) is 4.37. The van der Waals surface area contributed by atoms with Gasteiger partial charge in [-0.25, -0.2) is 13.6 Å². The van der Waals surface area contributed by atoms with Gasteiger partial charge in [-0.2, -0.15) is 13.2 Å². The molecule has 3 fully saturated rings. The zero-order chi connectivity index (χ0) is 21.9. The number of carbonyl (C=O) groups is 2. The SMILES string of the molecule is O=C1N[C@]2(CO1)C[C@@H](C(=O)N1CC(CC(F)(F)c3ccc(C(F)(F)F)cc3Cl)C1)C2. The maximum absolute atomic E-state index is 14.6. The van der Waals surface area contributed by atoms with Gasteiger partial charge in [0.25, 0.3) is 5.92 Å². The summed E-state index contributed by atoms with van der Waals surface area (Å²) in [5.41, 5.74) is -2.23. The van der Waals surface area contributed by atoms with Crippen molar-refractivity contribution in [3.05, 3.63) is 34.3 Å². The van der Waals surface area contributed by atoms with Crippen LogP contribution in [0.5, 0.6) is 0 Å². The summed E-state index contributed by atoms with van der Waals surface area (Å²) in [6.07, 6.45) is -4.87. The number of alkyl carbamates (subject to hydrolysis) is 1. The Morgan fingerprint density at radius 3 is 2.43 bits per heavy atom. The van der Waals surface area contributed by atoms with Gasteiger partial charge in [-0.15, -0.1) is 0 Å². The lowest BCUT2D eigenvalue weighted by Crippen LogP contribution is -2.61. The summed E-state index contributed by atoms with van der Waals surface area (Å²) in [5.74, 6) is -4.31. The molecule has 2 heterocycles. The molecule has 0 aromatic heterocycles. The highest BCUT2D eigenvalue weighted by Gasteiger charge is 2.54. The molecule has 4 rings (SSSR count). The molecule has 0 unspecified atom stereocenters. The van der Waals surface area contributed by atoms with Crippen molar-refractivity contribution in [2.45, 2.75) is 36.9 Å². The minimum absolute atomic E-state index is 0.145. The molecule has 1 aromatic rings. The predicted molar refractivity (Wildman–Crippen MR) is 95.0 cm³/mol. The molecule has 164 valence electrons. The van der Waals surface area contributed by atoms with Crippen LogP contribution in [0.25, 0.3) is 0 Å². The Kier molecular flexibility index (Phi) is 4.91. The molecule has 30 heavy (non-hydrogen) atoms. The normalized spacial score (nSPS) is 26.8. The maximum Gasteiger partial charge on any atom is 0.416 e. The van der Waals surface area contributed by atoms with Crippen LogP contribution in [0.15, 0.2) is 18.2 Å². The second-order valence-corrected chi connectivity index (χ2v) is 8.70. The number of hydrogen-bond donors (Lipinski definition) is 1. The Bertz CT molecular complexity index is 879. The number of alkyl halides is 5. The van der Waals surface area contributed by atoms with Gasteiger partial charge in [-0.3, -0.25) is 4.79 Å². The highest BCUT2D eigenvalue weighted by atomic mass is 35.5. The van der Waals surface area contributed by atoms with E-state index in [0.717, 1.165) is 0 Å². The smallest absolute Gasteiger partial charge is 0.416 e. The van der Waals surface area contributed by atoms with Crippen LogP contribution >= 0.6 is 11.6 Å². The van der Waals surface area contributed by atoms with E-state index in [4.69, 9.17) is 16.3 Å². The summed E-state index contributed by atoms with van der Waals surface area (Å²) in [7, 11) is 0. The summed E-state index contributed by atoms with van der Waals surface area (Å²) >= 11 is 5.70. The summed E-state index contributed by atoms with van der Waals surface area (Å²) in [5, 5.41) is 2.05. The minimum Gasteiger partial charge on any atom is -0.447 e. The topological polar surface area (TPSA) is 58.6 Å². The number of carbonyl (C=O) groups excluding carboxylic acids is 2. The molecule has 5 nitrogen and oxygen atoms in total. The van der Waals surface area contributed by atoms with Gasteiger partial charge in [0, 0.05) is 36.9 Å². The molecule has 0 radical (unpaired) electrons. The lowest BCUT2D eigenvalue weighted by atomic mass is 9.68. The zero-order valence-electron chi connectivity index (χ0n) is 15.6. The third-order valence-corrected chi connectivity index (χ3v) is 6.29. The first-order valence-corrected chi connectivity index (χ1v) is 9.75. The Hall–Kier alpha value is -2.10. The highest BCUT2D eigenvalue weighted by molar-refractivity contribution is 6.31. The lowest BCUT2D eigenvalue weighted by Gasteiger charge is -2.48. The molecule has 0 bridgehead atoms. The first kappa shape index (κ1) is 21.1. The van der Waals surface area contributed by atoms with Gasteiger partial charge in [-0.1, -0.05) is 17.7 Å². The van der Waals surface area contributed by atoms with E-state index < -0.39 is 52.2 Å². The zero-order valence-corrected chi connectivity index (χ0v) is 16.3. The van der Waals surface area contributed by atoms with E-state index in [9.17, 15) is 31.5 Å². The average molecular weight is 453 g/mol. The van der Waals surface area contributed by atoms with E-state index in [1.54, 1.807) is 0 Å². The number of halogens is 6. The Morgan fingerprint density at radius 1 is 1.23 bits per heavy atom. The number of cyclic esters (lactones) is 1. The highest BCUT2D eigenvalue weighted by Crippen LogP contribution is 2.45. The average Bonchev–Trinajstić information content (AvgIpc) is 2.97. The van der Waals surface area contributed by atoms with Crippen LogP contribution in [-0.4, -0.2) is 42.1 Å². The number of amides is 2. The molecule has 3 aliphatic rings. The summed E-state index contributed by atoms with van der Waals surface area (Å²) < 4.78 is 72.1. The van der Waals surface area contributed by atoms with E-state index in [-0.39, 0.29) is 31.5 Å². The molecular formula is C19H18ClF5N2O3. The van der Waals surface area contributed by atoms with E-state index in [0.29, 0.717) is 31.0 Å². The first-order chi connectivity index (χ1) is 13.9. The van der Waals surface area contributed by atoms with Crippen molar-refractivity contribution < 1.29 is 36.3 Å².